The number of carbonyl (C=O) groups is 1. The Morgan fingerprint density at radius 1 is 1.39 bits per heavy atom. The molecule has 0 aliphatic carbocycles. The Hall–Kier alpha value is -1.93. The first-order valence-corrected chi connectivity index (χ1v) is 9.13. The van der Waals surface area contributed by atoms with Crippen LogP contribution in [0.1, 0.15) is 12.8 Å². The second kappa shape index (κ2) is 5.93. The van der Waals surface area contributed by atoms with Crippen LogP contribution in [0.3, 0.4) is 0 Å². The fourth-order valence-electron chi connectivity index (χ4n) is 2.74. The molecule has 3 aromatic rings. The first kappa shape index (κ1) is 14.6. The van der Waals surface area contributed by atoms with Gasteiger partial charge in [-0.25, -0.2) is 9.97 Å². The van der Waals surface area contributed by atoms with Crippen molar-refractivity contribution in [1.82, 2.24) is 19.7 Å². The number of thiophene rings is 1. The third-order valence-corrected chi connectivity index (χ3v) is 6.15. The first-order chi connectivity index (χ1) is 11.2. The number of thioether (sulfide) groups is 1. The van der Waals surface area contributed by atoms with Crippen molar-refractivity contribution >= 4 is 44.9 Å². The number of nitrogens with zero attached hydrogens (tertiary/aromatic N) is 5. The summed E-state index contributed by atoms with van der Waals surface area (Å²) >= 11 is 3.17. The Balaban J connectivity index is 1.59. The van der Waals surface area contributed by atoms with Crippen LogP contribution in [-0.2, 0) is 11.8 Å². The average molecular weight is 345 g/mol. The number of fused-ring (bicyclic) bond motifs is 1. The van der Waals surface area contributed by atoms with Gasteiger partial charge in [0.15, 0.2) is 0 Å². The van der Waals surface area contributed by atoms with Gasteiger partial charge in [-0.3, -0.25) is 9.48 Å². The highest BCUT2D eigenvalue weighted by molar-refractivity contribution is 8.00. The molecular weight excluding hydrogens is 330 g/mol. The largest absolute Gasteiger partial charge is 0.309 e. The monoisotopic (exact) mass is 345 g/mol. The minimum Gasteiger partial charge on any atom is -0.309 e. The summed E-state index contributed by atoms with van der Waals surface area (Å²) < 4.78 is 2.78. The summed E-state index contributed by atoms with van der Waals surface area (Å²) in [4.78, 5) is 23.3. The van der Waals surface area contributed by atoms with E-state index >= 15 is 0 Å². The van der Waals surface area contributed by atoms with E-state index in [0.29, 0.717) is 0 Å². The molecule has 0 N–H and O–H groups in total. The van der Waals surface area contributed by atoms with Crippen LogP contribution >= 0.6 is 23.1 Å². The van der Waals surface area contributed by atoms with Gasteiger partial charge in [0.25, 0.3) is 0 Å². The predicted octanol–water partition coefficient (Wildman–Crippen LogP) is 2.71. The fourth-order valence-corrected chi connectivity index (χ4v) is 4.86. The number of hydrogen-bond acceptors (Lipinski definition) is 6. The van der Waals surface area contributed by atoms with Crippen LogP contribution in [0.4, 0.5) is 5.69 Å². The van der Waals surface area contributed by atoms with Gasteiger partial charge in [-0.1, -0.05) is 11.8 Å². The topological polar surface area (TPSA) is 63.9 Å². The summed E-state index contributed by atoms with van der Waals surface area (Å²) in [5, 5.41) is 6.97. The molecule has 1 fully saturated rings. The lowest BCUT2D eigenvalue weighted by Gasteiger charge is -2.30. The number of piperidine rings is 1. The van der Waals surface area contributed by atoms with Gasteiger partial charge < -0.3 is 4.90 Å². The van der Waals surface area contributed by atoms with Gasteiger partial charge >= 0.3 is 0 Å². The van der Waals surface area contributed by atoms with Gasteiger partial charge in [-0.15, -0.1) is 11.3 Å². The maximum Gasteiger partial charge on any atom is 0.240 e. The van der Waals surface area contributed by atoms with Crippen molar-refractivity contribution in [2.24, 2.45) is 7.05 Å². The number of anilines is 1. The summed E-state index contributed by atoms with van der Waals surface area (Å²) in [6.07, 6.45) is 7.05. The van der Waals surface area contributed by atoms with E-state index in [1.807, 2.05) is 29.6 Å². The predicted molar refractivity (Wildman–Crippen MR) is 91.9 cm³/mol. The summed E-state index contributed by atoms with van der Waals surface area (Å²) in [5.41, 5.74) is 1.81. The number of aryl methyl sites for hydroxylation is 1. The zero-order chi connectivity index (χ0) is 15.8. The molecular formula is C15H15N5OS2. The van der Waals surface area contributed by atoms with E-state index in [2.05, 4.69) is 15.1 Å². The molecule has 0 saturated carbocycles. The van der Waals surface area contributed by atoms with Gasteiger partial charge in [0.2, 0.25) is 5.91 Å². The summed E-state index contributed by atoms with van der Waals surface area (Å²) in [7, 11) is 1.86. The zero-order valence-corrected chi connectivity index (χ0v) is 14.2. The Morgan fingerprint density at radius 2 is 2.30 bits per heavy atom. The molecule has 1 saturated heterocycles. The fraction of sp³-hybridized carbons (Fsp3) is 0.333. The summed E-state index contributed by atoms with van der Waals surface area (Å²) in [6, 6.07) is 1.98. The molecule has 0 spiro atoms. The molecule has 1 atom stereocenters. The first-order valence-electron chi connectivity index (χ1n) is 7.37. The Bertz CT molecular complexity index is 858. The van der Waals surface area contributed by atoms with E-state index in [9.17, 15) is 4.79 Å². The van der Waals surface area contributed by atoms with E-state index in [1.165, 1.54) is 0 Å². The van der Waals surface area contributed by atoms with Crippen molar-refractivity contribution in [1.29, 1.82) is 0 Å². The quantitative estimate of drug-likeness (QED) is 0.683. The third kappa shape index (κ3) is 2.72. The van der Waals surface area contributed by atoms with E-state index in [0.717, 1.165) is 40.3 Å². The summed E-state index contributed by atoms with van der Waals surface area (Å²) in [6.45, 7) is 0.750. The van der Waals surface area contributed by atoms with Crippen LogP contribution in [0.5, 0.6) is 0 Å². The highest BCUT2D eigenvalue weighted by Gasteiger charge is 2.31. The molecule has 0 bridgehead atoms. The van der Waals surface area contributed by atoms with Crippen LogP contribution in [0.25, 0.3) is 10.2 Å². The Kier molecular flexibility index (Phi) is 3.78. The lowest BCUT2D eigenvalue weighted by Crippen LogP contribution is -2.42. The number of hydrogen-bond donors (Lipinski definition) is 0. The molecule has 4 rings (SSSR count). The molecule has 4 heterocycles. The molecule has 118 valence electrons. The third-order valence-electron chi connectivity index (χ3n) is 3.86. The van der Waals surface area contributed by atoms with Crippen molar-refractivity contribution < 1.29 is 4.79 Å². The molecule has 1 aliphatic heterocycles. The molecule has 6 nitrogen and oxygen atoms in total. The normalized spacial score (nSPS) is 18.7. The van der Waals surface area contributed by atoms with Gasteiger partial charge in [-0.05, 0) is 24.3 Å². The summed E-state index contributed by atoms with van der Waals surface area (Å²) in [5.74, 6) is 0.137. The molecule has 0 aromatic carbocycles. The number of amides is 1. The molecule has 0 unspecified atom stereocenters. The second-order valence-electron chi connectivity index (χ2n) is 5.42. The number of rotatable bonds is 3. The number of carbonyl (C=O) groups excluding carboxylic acids is 1. The van der Waals surface area contributed by atoms with Gasteiger partial charge in [0.05, 0.1) is 27.4 Å². The van der Waals surface area contributed by atoms with E-state index in [1.54, 1.807) is 40.3 Å². The van der Waals surface area contributed by atoms with Crippen molar-refractivity contribution in [2.45, 2.75) is 23.1 Å². The molecule has 1 amide bonds. The van der Waals surface area contributed by atoms with Gasteiger partial charge in [0, 0.05) is 19.8 Å². The molecule has 8 heteroatoms. The Labute approximate surface area is 141 Å². The highest BCUT2D eigenvalue weighted by atomic mass is 32.2. The van der Waals surface area contributed by atoms with E-state index < -0.39 is 0 Å². The van der Waals surface area contributed by atoms with Crippen LogP contribution in [-0.4, -0.2) is 37.5 Å². The van der Waals surface area contributed by atoms with Crippen LogP contribution in [0.15, 0.2) is 35.2 Å². The van der Waals surface area contributed by atoms with Crippen molar-refractivity contribution in [3.8, 4) is 0 Å². The Morgan fingerprint density at radius 3 is 3.13 bits per heavy atom. The minimum atomic E-state index is -0.107. The van der Waals surface area contributed by atoms with Gasteiger partial charge in [0.1, 0.15) is 11.4 Å². The van der Waals surface area contributed by atoms with Gasteiger partial charge in [-0.2, -0.15) is 5.10 Å². The van der Waals surface area contributed by atoms with Crippen molar-refractivity contribution in [2.75, 3.05) is 11.4 Å². The van der Waals surface area contributed by atoms with E-state index in [-0.39, 0.29) is 11.2 Å². The van der Waals surface area contributed by atoms with Crippen LogP contribution in [0.2, 0.25) is 0 Å². The molecule has 0 radical (unpaired) electrons. The zero-order valence-electron chi connectivity index (χ0n) is 12.5. The maximum atomic E-state index is 12.8. The maximum absolute atomic E-state index is 12.8. The van der Waals surface area contributed by atoms with Crippen molar-refractivity contribution in [3.05, 3.63) is 30.2 Å². The lowest BCUT2D eigenvalue weighted by atomic mass is 10.1. The molecule has 3 aromatic heterocycles. The standard InChI is InChI=1S/C15H15N5OS2/c1-19-8-10(7-18-19)20-5-2-3-12(15(20)21)23-14-13-11(4-6-22-13)16-9-17-14/h4,6-9,12H,2-3,5H2,1H3/t12-/m0/s1. The smallest absolute Gasteiger partial charge is 0.240 e. The van der Waals surface area contributed by atoms with Crippen molar-refractivity contribution in [3.63, 3.8) is 0 Å². The SMILES string of the molecule is Cn1cc(N2CCC[C@H](Sc3ncnc4ccsc34)C2=O)cn1. The van der Waals surface area contributed by atoms with E-state index in [4.69, 9.17) is 0 Å². The molecule has 23 heavy (non-hydrogen) atoms. The average Bonchev–Trinajstić information content (AvgIpc) is 3.18. The minimum absolute atomic E-state index is 0.107. The van der Waals surface area contributed by atoms with Crippen LogP contribution in [0, 0.1) is 0 Å². The molecule has 1 aliphatic rings. The highest BCUT2D eigenvalue weighted by Crippen LogP contribution is 2.35. The lowest BCUT2D eigenvalue weighted by molar-refractivity contribution is -0.119. The van der Waals surface area contributed by atoms with Crippen LogP contribution < -0.4 is 4.90 Å². The second-order valence-corrected chi connectivity index (χ2v) is 7.53. The number of aromatic nitrogens is 4.